The van der Waals surface area contributed by atoms with E-state index in [0.717, 1.165) is 6.54 Å². The van der Waals surface area contributed by atoms with Gasteiger partial charge in [-0.25, -0.2) is 4.79 Å². The molecule has 0 atom stereocenters. The molecule has 1 heterocycles. The highest BCUT2D eigenvalue weighted by atomic mass is 16.2. The van der Waals surface area contributed by atoms with Crippen molar-refractivity contribution in [2.75, 3.05) is 10.6 Å². The van der Waals surface area contributed by atoms with Crippen LogP contribution in [0.15, 0.2) is 36.7 Å². The minimum Gasteiger partial charge on any atom is -0.308 e. The Kier molecular flexibility index (Phi) is 3.78. The van der Waals surface area contributed by atoms with Crippen molar-refractivity contribution in [3.63, 3.8) is 0 Å². The Balaban J connectivity index is 1.99. The van der Waals surface area contributed by atoms with E-state index in [2.05, 4.69) is 15.7 Å². The van der Waals surface area contributed by atoms with E-state index in [9.17, 15) is 4.79 Å². The number of carbonyl (C=O) groups is 1. The van der Waals surface area contributed by atoms with Crippen LogP contribution in [0.4, 0.5) is 16.2 Å². The number of rotatable bonds is 3. The zero-order chi connectivity index (χ0) is 13.7. The van der Waals surface area contributed by atoms with Crippen LogP contribution in [0.5, 0.6) is 0 Å². The molecule has 1 aromatic heterocycles. The number of benzene rings is 1. The van der Waals surface area contributed by atoms with Crippen LogP contribution in [-0.2, 0) is 6.54 Å². The minimum absolute atomic E-state index is 0.370. The first-order valence-electron chi connectivity index (χ1n) is 5.82. The van der Waals surface area contributed by atoms with Crippen molar-refractivity contribution in [2.24, 2.45) is 0 Å². The summed E-state index contributed by atoms with van der Waals surface area (Å²) in [7, 11) is 0. The number of carbonyl (C=O) groups excluding carboxylic acids is 1. The highest BCUT2D eigenvalue weighted by Gasteiger charge is 2.04. The second-order valence-corrected chi connectivity index (χ2v) is 3.86. The van der Waals surface area contributed by atoms with Crippen molar-refractivity contribution in [3.05, 3.63) is 42.2 Å². The number of hydrogen-bond donors (Lipinski definition) is 2. The number of hydrogen-bond acceptors (Lipinski definition) is 3. The van der Waals surface area contributed by atoms with Crippen molar-refractivity contribution in [2.45, 2.75) is 13.5 Å². The lowest BCUT2D eigenvalue weighted by Gasteiger charge is -2.05. The summed E-state index contributed by atoms with van der Waals surface area (Å²) in [4.78, 5) is 11.7. The molecule has 0 aliphatic carbocycles. The molecule has 6 nitrogen and oxygen atoms in total. The SMILES string of the molecule is CCn1cc(NC(=O)Nc2cccc(C#N)c2)cn1. The van der Waals surface area contributed by atoms with Gasteiger partial charge in [-0.05, 0) is 25.1 Å². The van der Waals surface area contributed by atoms with Gasteiger partial charge in [0.2, 0.25) is 0 Å². The van der Waals surface area contributed by atoms with Crippen molar-refractivity contribution in [1.82, 2.24) is 9.78 Å². The summed E-state index contributed by atoms with van der Waals surface area (Å²) in [6.45, 7) is 2.71. The third-order valence-corrected chi connectivity index (χ3v) is 2.46. The third-order valence-electron chi connectivity index (χ3n) is 2.46. The molecule has 2 rings (SSSR count). The number of amides is 2. The Morgan fingerprint density at radius 2 is 2.21 bits per heavy atom. The van der Waals surface area contributed by atoms with E-state index in [1.165, 1.54) is 0 Å². The normalized spacial score (nSPS) is 9.68. The standard InChI is InChI=1S/C13H13N5O/c1-2-18-9-12(8-15-18)17-13(19)16-11-5-3-4-10(6-11)7-14/h3-6,8-9H,2H2,1H3,(H2,16,17,19). The van der Waals surface area contributed by atoms with Crippen LogP contribution in [0.1, 0.15) is 12.5 Å². The molecule has 96 valence electrons. The lowest BCUT2D eigenvalue weighted by atomic mass is 10.2. The zero-order valence-corrected chi connectivity index (χ0v) is 10.4. The molecular formula is C13H13N5O. The van der Waals surface area contributed by atoms with Gasteiger partial charge in [-0.1, -0.05) is 6.07 Å². The Morgan fingerprint density at radius 3 is 2.89 bits per heavy atom. The smallest absolute Gasteiger partial charge is 0.308 e. The molecule has 0 saturated heterocycles. The van der Waals surface area contributed by atoms with Crippen LogP contribution >= 0.6 is 0 Å². The monoisotopic (exact) mass is 255 g/mol. The molecule has 19 heavy (non-hydrogen) atoms. The van der Waals surface area contributed by atoms with Crippen molar-refractivity contribution in [1.29, 1.82) is 5.26 Å². The molecule has 2 aromatic rings. The molecule has 0 fully saturated rings. The van der Waals surface area contributed by atoms with Gasteiger partial charge in [-0.2, -0.15) is 10.4 Å². The molecule has 2 amide bonds. The van der Waals surface area contributed by atoms with Gasteiger partial charge in [-0.3, -0.25) is 4.68 Å². The summed E-state index contributed by atoms with van der Waals surface area (Å²) in [5.74, 6) is 0. The fourth-order valence-corrected chi connectivity index (χ4v) is 1.56. The van der Waals surface area contributed by atoms with Gasteiger partial charge in [0.1, 0.15) is 0 Å². The highest BCUT2D eigenvalue weighted by molar-refractivity contribution is 5.99. The lowest BCUT2D eigenvalue weighted by Crippen LogP contribution is -2.19. The average molecular weight is 255 g/mol. The molecule has 1 aromatic carbocycles. The van der Waals surface area contributed by atoms with Crippen LogP contribution in [0.2, 0.25) is 0 Å². The van der Waals surface area contributed by atoms with Crippen molar-refractivity contribution < 1.29 is 4.79 Å². The maximum Gasteiger partial charge on any atom is 0.323 e. The Hall–Kier alpha value is -2.81. The van der Waals surface area contributed by atoms with Crippen LogP contribution in [0, 0.1) is 11.3 Å². The van der Waals surface area contributed by atoms with Gasteiger partial charge >= 0.3 is 6.03 Å². The van der Waals surface area contributed by atoms with Gasteiger partial charge in [0.25, 0.3) is 0 Å². The van der Waals surface area contributed by atoms with E-state index < -0.39 is 0 Å². The summed E-state index contributed by atoms with van der Waals surface area (Å²) < 4.78 is 1.71. The Bertz CT molecular complexity index is 626. The average Bonchev–Trinajstić information content (AvgIpc) is 2.86. The molecular weight excluding hydrogens is 242 g/mol. The molecule has 0 aliphatic rings. The largest absolute Gasteiger partial charge is 0.323 e. The quantitative estimate of drug-likeness (QED) is 0.883. The van der Waals surface area contributed by atoms with Gasteiger partial charge in [0.05, 0.1) is 23.5 Å². The fraction of sp³-hybridized carbons (Fsp3) is 0.154. The third kappa shape index (κ3) is 3.33. The Labute approximate surface area is 110 Å². The molecule has 0 spiro atoms. The van der Waals surface area contributed by atoms with E-state index in [0.29, 0.717) is 16.9 Å². The summed E-state index contributed by atoms with van der Waals surface area (Å²) in [5, 5.41) is 18.1. The first-order valence-corrected chi connectivity index (χ1v) is 5.82. The predicted molar refractivity (Wildman–Crippen MR) is 71.7 cm³/mol. The summed E-state index contributed by atoms with van der Waals surface area (Å²) >= 11 is 0. The first kappa shape index (κ1) is 12.6. The molecule has 2 N–H and O–H groups in total. The fourth-order valence-electron chi connectivity index (χ4n) is 1.56. The van der Waals surface area contributed by atoms with Crippen LogP contribution in [0.3, 0.4) is 0 Å². The number of aryl methyl sites for hydroxylation is 1. The van der Waals surface area contributed by atoms with Gasteiger partial charge in [0, 0.05) is 18.4 Å². The Morgan fingerprint density at radius 1 is 1.42 bits per heavy atom. The number of aromatic nitrogens is 2. The van der Waals surface area contributed by atoms with E-state index >= 15 is 0 Å². The first-order chi connectivity index (χ1) is 9.21. The van der Waals surface area contributed by atoms with Gasteiger partial charge in [-0.15, -0.1) is 0 Å². The predicted octanol–water partition coefficient (Wildman–Crippen LogP) is 2.42. The van der Waals surface area contributed by atoms with Gasteiger partial charge in [0.15, 0.2) is 0 Å². The summed E-state index contributed by atoms with van der Waals surface area (Å²) in [5.41, 5.74) is 1.69. The maximum atomic E-state index is 11.7. The second kappa shape index (κ2) is 5.69. The zero-order valence-electron chi connectivity index (χ0n) is 10.4. The van der Waals surface area contributed by atoms with E-state index in [4.69, 9.17) is 5.26 Å². The highest BCUT2D eigenvalue weighted by Crippen LogP contribution is 2.11. The molecule has 0 bridgehead atoms. The van der Waals surface area contributed by atoms with E-state index in [1.807, 2.05) is 13.0 Å². The molecule has 0 unspecified atom stereocenters. The number of nitriles is 1. The van der Waals surface area contributed by atoms with Crippen LogP contribution < -0.4 is 10.6 Å². The molecule has 0 radical (unpaired) electrons. The number of urea groups is 1. The van der Waals surface area contributed by atoms with E-state index in [-0.39, 0.29) is 6.03 Å². The number of nitrogens with zero attached hydrogens (tertiary/aromatic N) is 3. The second-order valence-electron chi connectivity index (χ2n) is 3.86. The van der Waals surface area contributed by atoms with Crippen molar-refractivity contribution >= 4 is 17.4 Å². The molecule has 0 saturated carbocycles. The molecule has 0 aliphatic heterocycles. The number of anilines is 2. The van der Waals surface area contributed by atoms with Crippen molar-refractivity contribution in [3.8, 4) is 6.07 Å². The minimum atomic E-state index is -0.370. The lowest BCUT2D eigenvalue weighted by molar-refractivity contribution is 0.262. The summed E-state index contributed by atoms with van der Waals surface area (Å²) in [6, 6.07) is 8.36. The van der Waals surface area contributed by atoms with Crippen LogP contribution in [-0.4, -0.2) is 15.8 Å². The van der Waals surface area contributed by atoms with Gasteiger partial charge < -0.3 is 10.6 Å². The van der Waals surface area contributed by atoms with E-state index in [1.54, 1.807) is 41.3 Å². The van der Waals surface area contributed by atoms with Crippen LogP contribution in [0.25, 0.3) is 0 Å². The maximum absolute atomic E-state index is 11.7. The molecule has 6 heteroatoms. The number of nitrogens with one attached hydrogen (secondary N) is 2. The summed E-state index contributed by atoms with van der Waals surface area (Å²) in [6.07, 6.45) is 3.32. The topological polar surface area (TPSA) is 82.7 Å².